The molecule has 1 fully saturated rings. The number of carbonyl (C=O) groups excluding carboxylic acids is 1. The molecule has 0 radical (unpaired) electrons. The molecule has 0 N–H and O–H groups in total. The molecule has 5 heteroatoms. The summed E-state index contributed by atoms with van der Waals surface area (Å²) in [5, 5.41) is -0.309. The normalized spacial score (nSPS) is 21.3. The molecule has 0 spiro atoms. The van der Waals surface area contributed by atoms with E-state index < -0.39 is 9.84 Å². The third-order valence-electron chi connectivity index (χ3n) is 5.31. The van der Waals surface area contributed by atoms with Crippen molar-refractivity contribution >= 4 is 15.6 Å². The highest BCUT2D eigenvalue weighted by atomic mass is 32.2. The molecule has 25 heavy (non-hydrogen) atoms. The Bertz CT molecular complexity index is 653. The monoisotopic (exact) mass is 366 g/mol. The topological polar surface area (TPSA) is 60.4 Å². The van der Waals surface area contributed by atoms with Gasteiger partial charge in [0.1, 0.15) is 11.5 Å². The standard InChI is InChI=1S/C20H30O4S/c1-15(2)25(22,23)14-17-4-9-18(10-5-17)20(21)13-8-16-6-11-19(24-3)12-7-16/h6-7,11-12,15,17-18H,4-5,8-10,13-14H2,1-3H3. The van der Waals surface area contributed by atoms with E-state index in [1.54, 1.807) is 21.0 Å². The first-order valence-electron chi connectivity index (χ1n) is 9.19. The Balaban J connectivity index is 1.77. The molecular formula is C20H30O4S. The van der Waals surface area contributed by atoms with E-state index in [9.17, 15) is 13.2 Å². The number of hydrogen-bond donors (Lipinski definition) is 0. The molecule has 1 aliphatic carbocycles. The molecule has 2 rings (SSSR count). The zero-order chi connectivity index (χ0) is 18.4. The van der Waals surface area contributed by atoms with Crippen LogP contribution in [0.1, 0.15) is 51.5 Å². The minimum atomic E-state index is -2.98. The summed E-state index contributed by atoms with van der Waals surface area (Å²) in [5.74, 6) is 1.75. The van der Waals surface area contributed by atoms with Crippen molar-refractivity contribution < 1.29 is 17.9 Å². The number of methoxy groups -OCH3 is 1. The molecule has 0 amide bonds. The van der Waals surface area contributed by atoms with Gasteiger partial charge < -0.3 is 4.74 Å². The molecule has 0 saturated heterocycles. The summed E-state index contributed by atoms with van der Waals surface area (Å²) >= 11 is 0. The maximum absolute atomic E-state index is 12.5. The SMILES string of the molecule is COc1ccc(CCC(=O)C2CCC(CS(=O)(=O)C(C)C)CC2)cc1. The van der Waals surface area contributed by atoms with Gasteiger partial charge in [0.15, 0.2) is 9.84 Å². The largest absolute Gasteiger partial charge is 0.497 e. The fourth-order valence-electron chi connectivity index (χ4n) is 3.44. The van der Waals surface area contributed by atoms with Crippen molar-refractivity contribution in [1.82, 2.24) is 0 Å². The first kappa shape index (κ1) is 20.0. The van der Waals surface area contributed by atoms with Crippen molar-refractivity contribution in [1.29, 1.82) is 0 Å². The Morgan fingerprint density at radius 1 is 1.12 bits per heavy atom. The van der Waals surface area contributed by atoms with Gasteiger partial charge in [-0.25, -0.2) is 8.42 Å². The quantitative estimate of drug-likeness (QED) is 0.701. The number of Topliss-reactive ketones (excluding diaryl/α,β-unsaturated/α-hetero) is 1. The lowest BCUT2D eigenvalue weighted by molar-refractivity contribution is -0.124. The van der Waals surface area contributed by atoms with Crippen LogP contribution in [-0.4, -0.2) is 32.3 Å². The van der Waals surface area contributed by atoms with Crippen LogP contribution < -0.4 is 4.74 Å². The van der Waals surface area contributed by atoms with Crippen molar-refractivity contribution in [2.24, 2.45) is 11.8 Å². The van der Waals surface area contributed by atoms with Crippen molar-refractivity contribution in [3.05, 3.63) is 29.8 Å². The summed E-state index contributed by atoms with van der Waals surface area (Å²) < 4.78 is 29.2. The first-order chi connectivity index (χ1) is 11.8. The fraction of sp³-hybridized carbons (Fsp3) is 0.650. The average Bonchev–Trinajstić information content (AvgIpc) is 2.60. The van der Waals surface area contributed by atoms with Crippen LogP contribution in [0.25, 0.3) is 0 Å². The predicted molar refractivity (Wildman–Crippen MR) is 101 cm³/mol. The molecule has 0 bridgehead atoms. The van der Waals surface area contributed by atoms with Gasteiger partial charge in [-0.2, -0.15) is 0 Å². The van der Waals surface area contributed by atoms with Gasteiger partial charge in [0.05, 0.1) is 18.1 Å². The number of benzene rings is 1. The first-order valence-corrected chi connectivity index (χ1v) is 10.9. The van der Waals surface area contributed by atoms with E-state index in [0.717, 1.165) is 43.4 Å². The van der Waals surface area contributed by atoms with E-state index in [4.69, 9.17) is 4.74 Å². The van der Waals surface area contributed by atoms with Gasteiger partial charge >= 0.3 is 0 Å². The molecular weight excluding hydrogens is 336 g/mol. The van der Waals surface area contributed by atoms with Crippen molar-refractivity contribution in [3.63, 3.8) is 0 Å². The molecule has 0 aromatic heterocycles. The summed E-state index contributed by atoms with van der Waals surface area (Å²) in [5.41, 5.74) is 1.14. The smallest absolute Gasteiger partial charge is 0.152 e. The van der Waals surface area contributed by atoms with E-state index in [-0.39, 0.29) is 22.8 Å². The fourth-order valence-corrected chi connectivity index (χ4v) is 4.81. The van der Waals surface area contributed by atoms with E-state index in [1.807, 2.05) is 24.3 Å². The Kier molecular flexibility index (Phi) is 7.05. The summed E-state index contributed by atoms with van der Waals surface area (Å²) in [6.45, 7) is 3.48. The number of ketones is 1. The van der Waals surface area contributed by atoms with Gasteiger partial charge in [-0.15, -0.1) is 0 Å². The second-order valence-corrected chi connectivity index (χ2v) is 10.0. The lowest BCUT2D eigenvalue weighted by Crippen LogP contribution is -2.28. The summed E-state index contributed by atoms with van der Waals surface area (Å²) in [6, 6.07) is 7.83. The summed E-state index contributed by atoms with van der Waals surface area (Å²) in [7, 11) is -1.34. The van der Waals surface area contributed by atoms with E-state index in [0.29, 0.717) is 12.2 Å². The number of sulfone groups is 1. The van der Waals surface area contributed by atoms with Gasteiger partial charge in [0, 0.05) is 12.3 Å². The molecule has 0 atom stereocenters. The highest BCUT2D eigenvalue weighted by Gasteiger charge is 2.29. The molecule has 0 unspecified atom stereocenters. The van der Waals surface area contributed by atoms with Crippen LogP contribution in [0.3, 0.4) is 0 Å². The maximum atomic E-state index is 12.5. The van der Waals surface area contributed by atoms with E-state index in [1.165, 1.54) is 0 Å². The van der Waals surface area contributed by atoms with Crippen molar-refractivity contribution in [2.75, 3.05) is 12.9 Å². The lowest BCUT2D eigenvalue weighted by atomic mass is 9.79. The van der Waals surface area contributed by atoms with Gasteiger partial charge in [-0.05, 0) is 69.6 Å². The maximum Gasteiger partial charge on any atom is 0.152 e. The molecule has 140 valence electrons. The third-order valence-corrected chi connectivity index (χ3v) is 7.68. The Hall–Kier alpha value is -1.36. The average molecular weight is 367 g/mol. The van der Waals surface area contributed by atoms with Crippen molar-refractivity contribution in [2.45, 2.75) is 57.6 Å². The number of carbonyl (C=O) groups is 1. The molecule has 1 aromatic carbocycles. The minimum absolute atomic E-state index is 0.108. The molecule has 1 saturated carbocycles. The van der Waals surface area contributed by atoms with Crippen LogP contribution >= 0.6 is 0 Å². The number of ether oxygens (including phenoxy) is 1. The van der Waals surface area contributed by atoms with E-state index >= 15 is 0 Å². The number of hydrogen-bond acceptors (Lipinski definition) is 4. The Morgan fingerprint density at radius 3 is 2.24 bits per heavy atom. The van der Waals surface area contributed by atoms with Gasteiger partial charge in [0.25, 0.3) is 0 Å². The molecule has 1 aliphatic rings. The van der Waals surface area contributed by atoms with Gasteiger partial charge in [-0.1, -0.05) is 12.1 Å². The molecule has 4 nitrogen and oxygen atoms in total. The van der Waals surface area contributed by atoms with E-state index in [2.05, 4.69) is 0 Å². The zero-order valence-corrected chi connectivity index (χ0v) is 16.3. The minimum Gasteiger partial charge on any atom is -0.497 e. The number of aryl methyl sites for hydroxylation is 1. The van der Waals surface area contributed by atoms with Gasteiger partial charge in [0.2, 0.25) is 0 Å². The third kappa shape index (κ3) is 5.84. The van der Waals surface area contributed by atoms with Crippen LogP contribution in [0.2, 0.25) is 0 Å². The Labute approximate surface area is 151 Å². The van der Waals surface area contributed by atoms with Crippen molar-refractivity contribution in [3.8, 4) is 5.75 Å². The second-order valence-electron chi connectivity index (χ2n) is 7.41. The van der Waals surface area contributed by atoms with Crippen LogP contribution in [0.5, 0.6) is 5.75 Å². The summed E-state index contributed by atoms with van der Waals surface area (Å²) in [6.07, 6.45) is 4.69. The summed E-state index contributed by atoms with van der Waals surface area (Å²) in [4.78, 5) is 12.5. The van der Waals surface area contributed by atoms with Crippen LogP contribution in [-0.2, 0) is 21.1 Å². The zero-order valence-electron chi connectivity index (χ0n) is 15.5. The van der Waals surface area contributed by atoms with Crippen LogP contribution in [0.4, 0.5) is 0 Å². The van der Waals surface area contributed by atoms with Crippen LogP contribution in [0, 0.1) is 11.8 Å². The van der Waals surface area contributed by atoms with Gasteiger partial charge in [-0.3, -0.25) is 4.79 Å². The highest BCUT2D eigenvalue weighted by Crippen LogP contribution is 2.31. The lowest BCUT2D eigenvalue weighted by Gasteiger charge is -2.28. The van der Waals surface area contributed by atoms with Crippen LogP contribution in [0.15, 0.2) is 24.3 Å². The number of rotatable bonds is 8. The molecule has 0 heterocycles. The Morgan fingerprint density at radius 2 is 1.72 bits per heavy atom. The second kappa shape index (κ2) is 8.84. The molecule has 1 aromatic rings. The highest BCUT2D eigenvalue weighted by molar-refractivity contribution is 7.91. The predicted octanol–water partition coefficient (Wildman–Crippen LogP) is 3.83. The molecule has 0 aliphatic heterocycles.